The van der Waals surface area contributed by atoms with Gasteiger partial charge in [0.2, 0.25) is 5.78 Å². The van der Waals surface area contributed by atoms with E-state index in [-0.39, 0.29) is 5.78 Å². The minimum absolute atomic E-state index is 0.0792. The summed E-state index contributed by atoms with van der Waals surface area (Å²) in [5.41, 5.74) is 3.19. The standard InChI is InChI=1S/C23H24N4O/c1-18-10-12-20(13-11-18)27-17-25-23(24-16-26-14-6-3-7-15-26)21(27)22(28)19-8-4-2-5-9-19/h2,4-5,8-13,16-17H,3,6-7,14-15H2,1H3/b24-16+. The van der Waals surface area contributed by atoms with Crippen molar-refractivity contribution in [3.05, 3.63) is 77.7 Å². The molecule has 1 aliphatic heterocycles. The molecule has 1 saturated heterocycles. The summed E-state index contributed by atoms with van der Waals surface area (Å²) in [5, 5.41) is 0. The average molecular weight is 372 g/mol. The molecule has 0 saturated carbocycles. The van der Waals surface area contributed by atoms with Gasteiger partial charge in [0.25, 0.3) is 0 Å². The van der Waals surface area contributed by atoms with Crippen molar-refractivity contribution in [3.8, 4) is 5.69 Å². The normalized spacial score (nSPS) is 14.5. The zero-order chi connectivity index (χ0) is 19.3. The summed E-state index contributed by atoms with van der Waals surface area (Å²) in [5.74, 6) is 0.379. The number of carbonyl (C=O) groups excluding carboxylic acids is 1. The molecule has 5 nitrogen and oxygen atoms in total. The molecule has 0 unspecified atom stereocenters. The molecule has 1 aromatic heterocycles. The van der Waals surface area contributed by atoms with Crippen molar-refractivity contribution in [2.75, 3.05) is 13.1 Å². The van der Waals surface area contributed by atoms with Crippen LogP contribution in [0.2, 0.25) is 0 Å². The number of rotatable bonds is 5. The number of carbonyl (C=O) groups is 1. The zero-order valence-electron chi connectivity index (χ0n) is 16.1. The minimum Gasteiger partial charge on any atom is -0.363 e. The van der Waals surface area contributed by atoms with E-state index in [1.165, 1.54) is 24.8 Å². The van der Waals surface area contributed by atoms with Crippen LogP contribution in [0.25, 0.3) is 5.69 Å². The Balaban J connectivity index is 1.74. The molecule has 2 aromatic carbocycles. The maximum Gasteiger partial charge on any atom is 0.213 e. The van der Waals surface area contributed by atoms with Gasteiger partial charge in [0.1, 0.15) is 12.0 Å². The van der Waals surface area contributed by atoms with Crippen LogP contribution < -0.4 is 0 Å². The molecule has 0 aliphatic carbocycles. The number of aryl methyl sites for hydroxylation is 1. The fourth-order valence-corrected chi connectivity index (χ4v) is 3.44. The quantitative estimate of drug-likeness (QED) is 0.375. The fourth-order valence-electron chi connectivity index (χ4n) is 3.44. The highest BCUT2D eigenvalue weighted by atomic mass is 16.1. The van der Waals surface area contributed by atoms with Gasteiger partial charge in [-0.1, -0.05) is 48.0 Å². The highest BCUT2D eigenvalue weighted by molar-refractivity contribution is 6.11. The molecular formula is C23H24N4O. The number of hydrogen-bond donors (Lipinski definition) is 0. The summed E-state index contributed by atoms with van der Waals surface area (Å²) in [7, 11) is 0. The summed E-state index contributed by atoms with van der Waals surface area (Å²) >= 11 is 0. The second-order valence-electron chi connectivity index (χ2n) is 7.16. The summed E-state index contributed by atoms with van der Waals surface area (Å²) in [6, 6.07) is 17.4. The predicted octanol–water partition coefficient (Wildman–Crippen LogP) is 4.56. The lowest BCUT2D eigenvalue weighted by Crippen LogP contribution is -2.28. The van der Waals surface area contributed by atoms with Crippen molar-refractivity contribution in [2.24, 2.45) is 4.99 Å². The first-order valence-corrected chi connectivity index (χ1v) is 9.75. The van der Waals surface area contributed by atoms with E-state index in [9.17, 15) is 4.79 Å². The van der Waals surface area contributed by atoms with E-state index < -0.39 is 0 Å². The zero-order valence-corrected chi connectivity index (χ0v) is 16.1. The first-order chi connectivity index (χ1) is 13.7. The molecule has 1 aliphatic rings. The topological polar surface area (TPSA) is 50.5 Å². The molecule has 0 bridgehead atoms. The van der Waals surface area contributed by atoms with Gasteiger partial charge in [0.15, 0.2) is 5.82 Å². The van der Waals surface area contributed by atoms with Gasteiger partial charge in [-0.05, 0) is 38.3 Å². The van der Waals surface area contributed by atoms with Gasteiger partial charge in [-0.25, -0.2) is 9.98 Å². The average Bonchev–Trinajstić information content (AvgIpc) is 3.17. The van der Waals surface area contributed by atoms with E-state index in [2.05, 4.69) is 14.9 Å². The van der Waals surface area contributed by atoms with Gasteiger partial charge < -0.3 is 4.90 Å². The van der Waals surface area contributed by atoms with Crippen LogP contribution in [0, 0.1) is 6.92 Å². The molecule has 0 amide bonds. The molecule has 4 rings (SSSR count). The molecule has 28 heavy (non-hydrogen) atoms. The third-order valence-electron chi connectivity index (χ3n) is 5.05. The van der Waals surface area contributed by atoms with Crippen molar-refractivity contribution in [3.63, 3.8) is 0 Å². The number of aliphatic imine (C=N–C) groups is 1. The number of hydrogen-bond acceptors (Lipinski definition) is 3. The largest absolute Gasteiger partial charge is 0.363 e. The van der Waals surface area contributed by atoms with Crippen molar-refractivity contribution < 1.29 is 4.79 Å². The van der Waals surface area contributed by atoms with E-state index in [1.54, 1.807) is 6.33 Å². The highest BCUT2D eigenvalue weighted by Gasteiger charge is 2.21. The van der Waals surface area contributed by atoms with Crippen LogP contribution in [-0.2, 0) is 0 Å². The van der Waals surface area contributed by atoms with E-state index >= 15 is 0 Å². The van der Waals surface area contributed by atoms with Crippen molar-refractivity contribution >= 4 is 17.9 Å². The molecule has 0 atom stereocenters. The molecule has 0 spiro atoms. The Bertz CT molecular complexity index is 968. The Morgan fingerprint density at radius 2 is 1.71 bits per heavy atom. The van der Waals surface area contributed by atoms with Gasteiger partial charge in [-0.15, -0.1) is 0 Å². The Hall–Kier alpha value is -3.21. The first-order valence-electron chi connectivity index (χ1n) is 9.75. The number of aromatic nitrogens is 2. The molecule has 0 radical (unpaired) electrons. The second-order valence-corrected chi connectivity index (χ2v) is 7.16. The van der Waals surface area contributed by atoms with Gasteiger partial charge in [-0.2, -0.15) is 0 Å². The molecule has 0 N–H and O–H groups in total. The number of nitrogens with zero attached hydrogens (tertiary/aromatic N) is 4. The van der Waals surface area contributed by atoms with Crippen LogP contribution in [0.4, 0.5) is 5.82 Å². The summed E-state index contributed by atoms with van der Waals surface area (Å²) in [6.07, 6.45) is 7.15. The molecule has 3 aromatic rings. The number of piperidine rings is 1. The Morgan fingerprint density at radius 1 is 1.00 bits per heavy atom. The van der Waals surface area contributed by atoms with E-state index in [1.807, 2.05) is 72.4 Å². The van der Waals surface area contributed by atoms with Crippen molar-refractivity contribution in [1.82, 2.24) is 14.5 Å². The molecule has 2 heterocycles. The van der Waals surface area contributed by atoms with E-state index in [0.29, 0.717) is 17.1 Å². The van der Waals surface area contributed by atoms with Gasteiger partial charge in [0.05, 0.1) is 6.34 Å². The lowest BCUT2D eigenvalue weighted by Gasteiger charge is -2.23. The maximum atomic E-state index is 13.3. The summed E-state index contributed by atoms with van der Waals surface area (Å²) in [6.45, 7) is 4.05. The van der Waals surface area contributed by atoms with E-state index in [4.69, 9.17) is 0 Å². The third-order valence-corrected chi connectivity index (χ3v) is 5.05. The number of benzene rings is 2. The summed E-state index contributed by atoms with van der Waals surface area (Å²) in [4.78, 5) is 24.5. The minimum atomic E-state index is -0.0792. The maximum absolute atomic E-state index is 13.3. The van der Waals surface area contributed by atoms with Crippen LogP contribution in [0.1, 0.15) is 40.9 Å². The van der Waals surface area contributed by atoms with Crippen LogP contribution in [0.15, 0.2) is 65.9 Å². The van der Waals surface area contributed by atoms with Crippen LogP contribution in [0.5, 0.6) is 0 Å². The van der Waals surface area contributed by atoms with Crippen LogP contribution in [0.3, 0.4) is 0 Å². The smallest absolute Gasteiger partial charge is 0.213 e. The molecule has 142 valence electrons. The molecule has 1 fully saturated rings. The van der Waals surface area contributed by atoms with Crippen LogP contribution >= 0.6 is 0 Å². The lowest BCUT2D eigenvalue weighted by atomic mass is 10.1. The van der Waals surface area contributed by atoms with Gasteiger partial charge >= 0.3 is 0 Å². The molecular weight excluding hydrogens is 348 g/mol. The highest BCUT2D eigenvalue weighted by Crippen LogP contribution is 2.25. The van der Waals surface area contributed by atoms with Crippen molar-refractivity contribution in [1.29, 1.82) is 0 Å². The first kappa shape index (κ1) is 18.2. The number of ketones is 1. The summed E-state index contributed by atoms with van der Waals surface area (Å²) < 4.78 is 1.83. The fraction of sp³-hybridized carbons (Fsp3) is 0.261. The van der Waals surface area contributed by atoms with Gasteiger partial charge in [-0.3, -0.25) is 9.36 Å². The second kappa shape index (κ2) is 8.21. The Kier molecular flexibility index (Phi) is 5.33. The predicted molar refractivity (Wildman–Crippen MR) is 112 cm³/mol. The molecule has 5 heteroatoms. The number of imidazole rings is 1. The SMILES string of the molecule is Cc1ccc(-n2cnc(/N=C/N3CCCCC3)c2C(=O)c2ccccc2)cc1. The Morgan fingerprint density at radius 3 is 2.43 bits per heavy atom. The van der Waals surface area contributed by atoms with Crippen molar-refractivity contribution in [2.45, 2.75) is 26.2 Å². The third kappa shape index (κ3) is 3.88. The monoisotopic (exact) mass is 372 g/mol. The number of likely N-dealkylation sites (tertiary alicyclic amines) is 1. The van der Waals surface area contributed by atoms with Gasteiger partial charge in [0, 0.05) is 24.3 Å². The Labute approximate surface area is 165 Å². The lowest BCUT2D eigenvalue weighted by molar-refractivity contribution is 0.103. The van der Waals surface area contributed by atoms with E-state index in [0.717, 1.165) is 18.8 Å². The van der Waals surface area contributed by atoms with Crippen LogP contribution in [-0.4, -0.2) is 39.7 Å².